The van der Waals surface area contributed by atoms with Crippen LogP contribution in [0.25, 0.3) is 0 Å². The van der Waals surface area contributed by atoms with Crippen molar-refractivity contribution in [3.05, 3.63) is 23.8 Å². The normalized spacial score (nSPS) is 22.6. The van der Waals surface area contributed by atoms with Crippen LogP contribution in [0.3, 0.4) is 0 Å². The van der Waals surface area contributed by atoms with E-state index in [1.807, 2.05) is 41.8 Å². The summed E-state index contributed by atoms with van der Waals surface area (Å²) in [5.41, 5.74) is 0.518. The third kappa shape index (κ3) is 3.62. The lowest BCUT2D eigenvalue weighted by molar-refractivity contribution is -0.147. The fourth-order valence-electron chi connectivity index (χ4n) is 4.39. The van der Waals surface area contributed by atoms with E-state index in [2.05, 4.69) is 0 Å². The molecule has 148 valence electrons. The summed E-state index contributed by atoms with van der Waals surface area (Å²) in [7, 11) is 3.23. The molecular formula is C21H30N2O4. The van der Waals surface area contributed by atoms with Crippen LogP contribution in [-0.4, -0.2) is 55.5 Å². The molecule has 2 aliphatic heterocycles. The Morgan fingerprint density at radius 1 is 1.19 bits per heavy atom. The minimum Gasteiger partial charge on any atom is -0.493 e. The van der Waals surface area contributed by atoms with Crippen LogP contribution in [0.5, 0.6) is 11.5 Å². The van der Waals surface area contributed by atoms with E-state index in [0.717, 1.165) is 31.4 Å². The maximum absolute atomic E-state index is 13.4. The first-order chi connectivity index (χ1) is 12.9. The van der Waals surface area contributed by atoms with Gasteiger partial charge in [-0.2, -0.15) is 0 Å². The minimum atomic E-state index is -0.422. The van der Waals surface area contributed by atoms with Gasteiger partial charge in [0.2, 0.25) is 11.8 Å². The van der Waals surface area contributed by atoms with Crippen molar-refractivity contribution < 1.29 is 19.1 Å². The highest BCUT2D eigenvalue weighted by atomic mass is 16.5. The van der Waals surface area contributed by atoms with Crippen molar-refractivity contribution in [2.75, 3.05) is 33.9 Å². The van der Waals surface area contributed by atoms with Gasteiger partial charge in [-0.15, -0.1) is 0 Å². The quantitative estimate of drug-likeness (QED) is 0.795. The second kappa shape index (κ2) is 7.79. The molecule has 2 heterocycles. The van der Waals surface area contributed by atoms with Gasteiger partial charge in [0, 0.05) is 37.7 Å². The number of nitrogens with zero attached hydrogens (tertiary/aromatic N) is 2. The van der Waals surface area contributed by atoms with Crippen molar-refractivity contribution in [2.45, 2.75) is 39.7 Å². The van der Waals surface area contributed by atoms with Gasteiger partial charge in [0.05, 0.1) is 19.6 Å². The summed E-state index contributed by atoms with van der Waals surface area (Å²) in [5.74, 6) is 1.62. The Morgan fingerprint density at radius 3 is 2.63 bits per heavy atom. The van der Waals surface area contributed by atoms with Crippen LogP contribution in [0.2, 0.25) is 0 Å². The van der Waals surface area contributed by atoms with Gasteiger partial charge in [-0.25, -0.2) is 0 Å². The van der Waals surface area contributed by atoms with Crippen molar-refractivity contribution in [3.8, 4) is 11.5 Å². The lowest BCUT2D eigenvalue weighted by Crippen LogP contribution is -2.50. The molecule has 3 rings (SSSR count). The van der Waals surface area contributed by atoms with Crippen LogP contribution in [0.1, 0.15) is 38.7 Å². The summed E-state index contributed by atoms with van der Waals surface area (Å²) in [6.45, 7) is 6.29. The Kier molecular flexibility index (Phi) is 5.63. The molecule has 0 radical (unpaired) electrons. The number of benzene rings is 1. The standard InChI is InChI=1S/C21H30N2O4/c1-15(2)19(24)23-12-10-21(14-23)9-6-11-22(20(21)25)13-16-7-5-8-17(26-3)18(16)27-4/h5,7-8,15H,6,9-14H2,1-4H3/t21-/m0/s1. The molecule has 0 aliphatic carbocycles. The van der Waals surface area contributed by atoms with Crippen LogP contribution >= 0.6 is 0 Å². The van der Waals surface area contributed by atoms with Crippen molar-refractivity contribution in [1.82, 2.24) is 9.80 Å². The van der Waals surface area contributed by atoms with Gasteiger partial charge in [-0.3, -0.25) is 9.59 Å². The number of para-hydroxylation sites is 1. The molecule has 0 saturated carbocycles. The molecule has 2 saturated heterocycles. The zero-order valence-electron chi connectivity index (χ0n) is 16.8. The van der Waals surface area contributed by atoms with Crippen LogP contribution in [0, 0.1) is 11.3 Å². The van der Waals surface area contributed by atoms with E-state index in [-0.39, 0.29) is 17.7 Å². The first-order valence-corrected chi connectivity index (χ1v) is 9.70. The molecule has 27 heavy (non-hydrogen) atoms. The lowest BCUT2D eigenvalue weighted by atomic mass is 9.78. The van der Waals surface area contributed by atoms with E-state index < -0.39 is 5.41 Å². The second-order valence-electron chi connectivity index (χ2n) is 7.93. The highest BCUT2D eigenvalue weighted by Crippen LogP contribution is 2.41. The summed E-state index contributed by atoms with van der Waals surface area (Å²) < 4.78 is 10.9. The van der Waals surface area contributed by atoms with E-state index in [0.29, 0.717) is 31.1 Å². The van der Waals surface area contributed by atoms with Crippen molar-refractivity contribution >= 4 is 11.8 Å². The van der Waals surface area contributed by atoms with Crippen molar-refractivity contribution in [3.63, 3.8) is 0 Å². The van der Waals surface area contributed by atoms with Gasteiger partial charge < -0.3 is 19.3 Å². The Morgan fingerprint density at radius 2 is 1.96 bits per heavy atom. The highest BCUT2D eigenvalue weighted by Gasteiger charge is 2.49. The molecule has 0 bridgehead atoms. The maximum Gasteiger partial charge on any atom is 0.230 e. The second-order valence-corrected chi connectivity index (χ2v) is 7.93. The largest absolute Gasteiger partial charge is 0.493 e. The van der Waals surface area contributed by atoms with E-state index in [4.69, 9.17) is 9.47 Å². The van der Waals surface area contributed by atoms with Crippen LogP contribution < -0.4 is 9.47 Å². The SMILES string of the molecule is COc1cccc(CN2CCC[C@@]3(CCN(C(=O)C(C)C)C3)C2=O)c1OC. The molecule has 1 aromatic rings. The van der Waals surface area contributed by atoms with E-state index in [1.54, 1.807) is 14.2 Å². The monoisotopic (exact) mass is 374 g/mol. The zero-order chi connectivity index (χ0) is 19.6. The Bertz CT molecular complexity index is 718. The summed E-state index contributed by atoms with van der Waals surface area (Å²) in [5, 5.41) is 0. The predicted octanol–water partition coefficient (Wildman–Crippen LogP) is 2.70. The molecule has 0 N–H and O–H groups in total. The van der Waals surface area contributed by atoms with Crippen molar-refractivity contribution in [1.29, 1.82) is 0 Å². The molecule has 0 unspecified atom stereocenters. The van der Waals surface area contributed by atoms with Crippen LogP contribution in [0.4, 0.5) is 0 Å². The minimum absolute atomic E-state index is 0.0315. The van der Waals surface area contributed by atoms with E-state index in [1.165, 1.54) is 0 Å². The molecule has 0 aromatic heterocycles. The Balaban J connectivity index is 1.78. The van der Waals surface area contributed by atoms with Gasteiger partial charge in [0.25, 0.3) is 0 Å². The summed E-state index contributed by atoms with van der Waals surface area (Å²) >= 11 is 0. The molecule has 2 amide bonds. The van der Waals surface area contributed by atoms with Crippen LogP contribution in [-0.2, 0) is 16.1 Å². The van der Waals surface area contributed by atoms with Gasteiger partial charge in [-0.05, 0) is 25.3 Å². The molecule has 1 aromatic carbocycles. The van der Waals surface area contributed by atoms with E-state index in [9.17, 15) is 9.59 Å². The Hall–Kier alpha value is -2.24. The number of amides is 2. The molecule has 6 nitrogen and oxygen atoms in total. The maximum atomic E-state index is 13.4. The summed E-state index contributed by atoms with van der Waals surface area (Å²) in [6, 6.07) is 5.74. The number of rotatable bonds is 5. The number of piperidine rings is 1. The van der Waals surface area contributed by atoms with Gasteiger partial charge in [-0.1, -0.05) is 26.0 Å². The number of methoxy groups -OCH3 is 2. The van der Waals surface area contributed by atoms with Gasteiger partial charge in [0.15, 0.2) is 11.5 Å². The van der Waals surface area contributed by atoms with Gasteiger partial charge >= 0.3 is 0 Å². The number of carbonyl (C=O) groups excluding carboxylic acids is 2. The summed E-state index contributed by atoms with van der Waals surface area (Å²) in [4.78, 5) is 29.5. The number of ether oxygens (including phenoxy) is 2. The van der Waals surface area contributed by atoms with Crippen molar-refractivity contribution in [2.24, 2.45) is 11.3 Å². The lowest BCUT2D eigenvalue weighted by Gasteiger charge is -2.39. The number of hydrogen-bond donors (Lipinski definition) is 0. The topological polar surface area (TPSA) is 59.1 Å². The molecular weight excluding hydrogens is 344 g/mol. The highest BCUT2D eigenvalue weighted by molar-refractivity contribution is 5.86. The number of hydrogen-bond acceptors (Lipinski definition) is 4. The number of carbonyl (C=O) groups is 2. The predicted molar refractivity (Wildman–Crippen MR) is 103 cm³/mol. The first kappa shape index (κ1) is 19.5. The molecule has 1 atom stereocenters. The average molecular weight is 374 g/mol. The fraction of sp³-hybridized carbons (Fsp3) is 0.619. The third-order valence-corrected chi connectivity index (χ3v) is 5.83. The number of likely N-dealkylation sites (tertiary alicyclic amines) is 2. The zero-order valence-corrected chi connectivity index (χ0v) is 16.8. The smallest absolute Gasteiger partial charge is 0.230 e. The average Bonchev–Trinajstić information content (AvgIpc) is 3.09. The Labute approximate surface area is 161 Å². The third-order valence-electron chi connectivity index (χ3n) is 5.83. The van der Waals surface area contributed by atoms with Gasteiger partial charge in [0.1, 0.15) is 0 Å². The molecule has 6 heteroatoms. The van der Waals surface area contributed by atoms with Crippen LogP contribution in [0.15, 0.2) is 18.2 Å². The van der Waals surface area contributed by atoms with E-state index >= 15 is 0 Å². The molecule has 1 spiro atoms. The summed E-state index contributed by atoms with van der Waals surface area (Å²) in [6.07, 6.45) is 2.58. The molecule has 2 aliphatic rings. The first-order valence-electron chi connectivity index (χ1n) is 9.70. The molecule has 2 fully saturated rings. The fourth-order valence-corrected chi connectivity index (χ4v) is 4.39.